The van der Waals surface area contributed by atoms with Gasteiger partial charge in [-0.2, -0.15) is 0 Å². The van der Waals surface area contributed by atoms with E-state index in [4.69, 9.17) is 18.9 Å². The molecule has 0 saturated carbocycles. The minimum atomic E-state index is -1.75. The molecule has 0 bridgehead atoms. The number of hydrogen-bond donors (Lipinski definition) is 9. The van der Waals surface area contributed by atoms with Crippen LogP contribution in [-0.4, -0.2) is 120 Å². The first-order valence-electron chi connectivity index (χ1n) is 12.2. The third-order valence-corrected chi connectivity index (χ3v) is 6.48. The lowest BCUT2D eigenvalue weighted by molar-refractivity contribution is -0.339. The Labute approximate surface area is 227 Å². The summed E-state index contributed by atoms with van der Waals surface area (Å²) in [5.74, 6) is -1.81. The molecule has 14 heteroatoms. The Morgan fingerprint density at radius 3 is 2.27 bits per heavy atom. The Balaban J connectivity index is 1.41. The van der Waals surface area contributed by atoms with E-state index in [1.54, 1.807) is 0 Å². The van der Waals surface area contributed by atoms with Crippen molar-refractivity contribution in [1.82, 2.24) is 0 Å². The molecule has 9 N–H and O–H groups in total. The first kappa shape index (κ1) is 29.7. The van der Waals surface area contributed by atoms with Crippen molar-refractivity contribution in [2.24, 2.45) is 0 Å². The van der Waals surface area contributed by atoms with Crippen molar-refractivity contribution < 1.29 is 69.7 Å². The Hall–Kier alpha value is -3.31. The van der Waals surface area contributed by atoms with Crippen LogP contribution in [0.1, 0.15) is 15.9 Å². The van der Waals surface area contributed by atoms with E-state index in [0.29, 0.717) is 5.56 Å². The average Bonchev–Trinajstić information content (AvgIpc) is 2.93. The van der Waals surface area contributed by atoms with Gasteiger partial charge in [0.05, 0.1) is 18.8 Å². The number of aromatic hydroxyl groups is 3. The molecule has 2 aliphatic rings. The Morgan fingerprint density at radius 1 is 0.875 bits per heavy atom. The van der Waals surface area contributed by atoms with Gasteiger partial charge in [0.15, 0.2) is 23.6 Å². The normalized spacial score (nSPS) is 32.7. The molecule has 2 aliphatic heterocycles. The Morgan fingerprint density at radius 2 is 1.60 bits per heavy atom. The molecule has 2 heterocycles. The van der Waals surface area contributed by atoms with Crippen LogP contribution in [0.15, 0.2) is 42.5 Å². The van der Waals surface area contributed by atoms with Crippen molar-refractivity contribution in [2.45, 2.75) is 55.3 Å². The lowest BCUT2D eigenvalue weighted by atomic mass is 9.98. The van der Waals surface area contributed by atoms with Gasteiger partial charge in [-0.3, -0.25) is 4.79 Å². The zero-order valence-electron chi connectivity index (χ0n) is 20.8. The number of allylic oxidation sites excluding steroid dienone is 1. The highest BCUT2D eigenvalue weighted by molar-refractivity contribution is 6.08. The highest BCUT2D eigenvalue weighted by Crippen LogP contribution is 2.31. The lowest BCUT2D eigenvalue weighted by Crippen LogP contribution is -2.63. The van der Waals surface area contributed by atoms with E-state index in [0.717, 1.165) is 12.1 Å². The monoisotopic (exact) mass is 566 g/mol. The zero-order valence-corrected chi connectivity index (χ0v) is 20.8. The van der Waals surface area contributed by atoms with Gasteiger partial charge >= 0.3 is 0 Å². The van der Waals surface area contributed by atoms with Crippen LogP contribution < -0.4 is 4.74 Å². The number of carbonyl (C=O) groups is 1. The molecular formula is C26H30O14. The number of benzene rings is 2. The Kier molecular flexibility index (Phi) is 9.25. The highest BCUT2D eigenvalue weighted by atomic mass is 16.7. The quantitative estimate of drug-likeness (QED) is 0.0988. The number of hydrogen-bond acceptors (Lipinski definition) is 14. The number of ketones is 1. The molecule has 14 nitrogen and oxygen atoms in total. The van der Waals surface area contributed by atoms with Crippen LogP contribution in [0.3, 0.4) is 0 Å². The van der Waals surface area contributed by atoms with Crippen LogP contribution in [0.4, 0.5) is 0 Å². The number of aliphatic hydroxyl groups excluding tert-OH is 6. The van der Waals surface area contributed by atoms with Crippen molar-refractivity contribution in [2.75, 3.05) is 13.2 Å². The third kappa shape index (κ3) is 6.36. The fourth-order valence-electron chi connectivity index (χ4n) is 4.20. The topological polar surface area (TPSA) is 236 Å². The van der Waals surface area contributed by atoms with E-state index < -0.39 is 73.4 Å². The second kappa shape index (κ2) is 12.5. The van der Waals surface area contributed by atoms with Crippen molar-refractivity contribution in [3.63, 3.8) is 0 Å². The van der Waals surface area contributed by atoms with Crippen molar-refractivity contribution in [1.29, 1.82) is 0 Å². The van der Waals surface area contributed by atoms with Gasteiger partial charge < -0.3 is 64.9 Å². The molecular weight excluding hydrogens is 536 g/mol. The summed E-state index contributed by atoms with van der Waals surface area (Å²) in [5.41, 5.74) is 0.320. The molecule has 2 aromatic carbocycles. The fraction of sp³-hybridized carbons (Fsp3) is 0.423. The van der Waals surface area contributed by atoms with Gasteiger partial charge in [-0.1, -0.05) is 12.1 Å². The van der Waals surface area contributed by atoms with E-state index >= 15 is 0 Å². The average molecular weight is 567 g/mol. The molecule has 0 spiro atoms. The van der Waals surface area contributed by atoms with Crippen LogP contribution in [0.25, 0.3) is 6.08 Å². The van der Waals surface area contributed by atoms with Gasteiger partial charge in [0.25, 0.3) is 0 Å². The first-order chi connectivity index (χ1) is 19.0. The summed E-state index contributed by atoms with van der Waals surface area (Å²) < 4.78 is 21.7. The number of aliphatic hydroxyl groups is 6. The maximum atomic E-state index is 12.5. The highest BCUT2D eigenvalue weighted by Gasteiger charge is 2.49. The summed E-state index contributed by atoms with van der Waals surface area (Å²) in [6.07, 6.45) is -11.4. The van der Waals surface area contributed by atoms with Crippen molar-refractivity contribution in [3.05, 3.63) is 53.6 Å². The smallest absolute Gasteiger partial charge is 0.229 e. The zero-order chi connectivity index (χ0) is 29.1. The number of phenolic OH excluding ortho intramolecular Hbond substituents is 3. The van der Waals surface area contributed by atoms with E-state index in [2.05, 4.69) is 0 Å². The lowest BCUT2D eigenvalue weighted by Gasteiger charge is -2.44. The molecule has 9 atom stereocenters. The van der Waals surface area contributed by atoms with Gasteiger partial charge in [0, 0.05) is 6.07 Å². The predicted octanol–water partition coefficient (Wildman–Crippen LogP) is -1.66. The summed E-state index contributed by atoms with van der Waals surface area (Å²) in [6.45, 7) is -1.09. The van der Waals surface area contributed by atoms with Gasteiger partial charge in [-0.15, -0.1) is 0 Å². The van der Waals surface area contributed by atoms with Gasteiger partial charge in [0.1, 0.15) is 54.2 Å². The van der Waals surface area contributed by atoms with Gasteiger partial charge in [-0.25, -0.2) is 0 Å². The largest absolute Gasteiger partial charge is 0.507 e. The summed E-state index contributed by atoms with van der Waals surface area (Å²) in [7, 11) is 0. The Bertz CT molecular complexity index is 1220. The van der Waals surface area contributed by atoms with Crippen LogP contribution in [0.5, 0.6) is 23.0 Å². The number of ether oxygens (including phenoxy) is 4. The predicted molar refractivity (Wildman–Crippen MR) is 132 cm³/mol. The molecule has 2 aromatic rings. The molecule has 0 aliphatic carbocycles. The first-order valence-corrected chi connectivity index (χ1v) is 12.2. The van der Waals surface area contributed by atoms with Crippen LogP contribution in [0.2, 0.25) is 0 Å². The number of carbonyl (C=O) groups excluding carboxylic acids is 1. The summed E-state index contributed by atoms with van der Waals surface area (Å²) in [6, 6.07) is 7.57. The second-order valence-electron chi connectivity index (χ2n) is 9.30. The van der Waals surface area contributed by atoms with Crippen LogP contribution in [-0.2, 0) is 14.2 Å². The molecule has 2 fully saturated rings. The summed E-state index contributed by atoms with van der Waals surface area (Å²) >= 11 is 0. The molecule has 40 heavy (non-hydrogen) atoms. The molecule has 4 rings (SSSR count). The number of rotatable bonds is 8. The number of phenols is 3. The van der Waals surface area contributed by atoms with Crippen LogP contribution >= 0.6 is 0 Å². The van der Waals surface area contributed by atoms with E-state index in [1.165, 1.54) is 36.4 Å². The fourth-order valence-corrected chi connectivity index (χ4v) is 4.20. The summed E-state index contributed by atoms with van der Waals surface area (Å²) in [5, 5.41) is 89.8. The SMILES string of the molecule is O=C(/C=C/c1ccc(O)c(O)c1)c1ccc(O[C@@H]2OC(CO)[C@H](O[C@@H]3OC[C@H](O)[C@H](O)C3O)[C@H](O)C2O)cc1O. The minimum Gasteiger partial charge on any atom is -0.507 e. The third-order valence-electron chi connectivity index (χ3n) is 6.48. The molecule has 0 amide bonds. The maximum Gasteiger partial charge on any atom is 0.229 e. The summed E-state index contributed by atoms with van der Waals surface area (Å²) in [4.78, 5) is 12.5. The minimum absolute atomic E-state index is 0.0584. The van der Waals surface area contributed by atoms with E-state index in [9.17, 15) is 50.8 Å². The maximum absolute atomic E-state index is 12.5. The molecule has 0 radical (unpaired) electrons. The van der Waals surface area contributed by atoms with Gasteiger partial charge in [0.2, 0.25) is 6.29 Å². The van der Waals surface area contributed by atoms with Gasteiger partial charge in [-0.05, 0) is 35.9 Å². The molecule has 0 aromatic heterocycles. The van der Waals surface area contributed by atoms with Crippen molar-refractivity contribution >= 4 is 11.9 Å². The van der Waals surface area contributed by atoms with E-state index in [-0.39, 0.29) is 29.4 Å². The molecule has 218 valence electrons. The molecule has 3 unspecified atom stereocenters. The second-order valence-corrected chi connectivity index (χ2v) is 9.30. The van der Waals surface area contributed by atoms with Crippen molar-refractivity contribution in [3.8, 4) is 23.0 Å². The molecule has 2 saturated heterocycles. The van der Waals surface area contributed by atoms with Crippen LogP contribution in [0, 0.1) is 0 Å². The van der Waals surface area contributed by atoms with E-state index in [1.807, 2.05) is 0 Å². The standard InChI is InChI=1S/C26H30O14/c27-9-19-24(40-25-22(35)20(33)18(32)10-37-25)21(34)23(36)26(39-19)38-12-3-4-13(16(30)8-12)14(28)5-1-11-2-6-15(29)17(31)7-11/h1-8,18-27,29-36H,9-10H2/b5-1+/t18-,19?,20-,21+,22?,23?,24-,25-,26+/m0/s1.